The van der Waals surface area contributed by atoms with Crippen molar-refractivity contribution in [3.63, 3.8) is 0 Å². The first kappa shape index (κ1) is 14.1. The Bertz CT molecular complexity index is 446. The van der Waals surface area contributed by atoms with Crippen LogP contribution in [0.3, 0.4) is 0 Å². The highest BCUT2D eigenvalue weighted by molar-refractivity contribution is 5.88. The third-order valence-corrected chi connectivity index (χ3v) is 2.51. The van der Waals surface area contributed by atoms with Crippen molar-refractivity contribution < 1.29 is 23.8 Å². The number of carbonyl (C=O) groups is 2. The van der Waals surface area contributed by atoms with E-state index in [2.05, 4.69) is 10.1 Å². The molecule has 5 nitrogen and oxygen atoms in total. The minimum atomic E-state index is -1.62. The minimum absolute atomic E-state index is 0.246. The lowest BCUT2D eigenvalue weighted by Crippen LogP contribution is -2.50. The minimum Gasteiger partial charge on any atom is -0.479 e. The number of amides is 1. The molecule has 0 fully saturated rings. The summed E-state index contributed by atoms with van der Waals surface area (Å²) in [5.74, 6) is -2.28. The number of aliphatic carboxylic acids is 1. The molecule has 0 aliphatic heterocycles. The molecule has 1 rings (SSSR count). The highest BCUT2D eigenvalue weighted by Crippen LogP contribution is 2.21. The Kier molecular flexibility index (Phi) is 4.38. The number of benzene rings is 1. The Hall–Kier alpha value is -1.95. The zero-order valence-corrected chi connectivity index (χ0v) is 10.1. The van der Waals surface area contributed by atoms with Gasteiger partial charge in [0.15, 0.2) is 5.54 Å². The summed E-state index contributed by atoms with van der Waals surface area (Å²) in [6, 6.07) is 4.91. The molecule has 1 unspecified atom stereocenters. The molecule has 0 bridgehead atoms. The van der Waals surface area contributed by atoms with Crippen LogP contribution in [0.25, 0.3) is 0 Å². The molecular weight excluding hydrogens is 241 g/mol. The van der Waals surface area contributed by atoms with Crippen LogP contribution in [0.1, 0.15) is 12.5 Å². The molecule has 0 aliphatic rings. The van der Waals surface area contributed by atoms with E-state index < -0.39 is 23.2 Å². The summed E-state index contributed by atoms with van der Waals surface area (Å²) in [6.07, 6.45) is 0. The Morgan fingerprint density at radius 1 is 1.39 bits per heavy atom. The molecule has 1 aromatic rings. The molecule has 1 atom stereocenters. The van der Waals surface area contributed by atoms with E-state index in [1.807, 2.05) is 0 Å². The van der Waals surface area contributed by atoms with E-state index >= 15 is 0 Å². The van der Waals surface area contributed by atoms with Crippen molar-refractivity contribution >= 4 is 11.9 Å². The van der Waals surface area contributed by atoms with Gasteiger partial charge in [-0.25, -0.2) is 9.18 Å². The number of hydrogen-bond donors (Lipinski definition) is 2. The summed E-state index contributed by atoms with van der Waals surface area (Å²) in [6.45, 7) is 1.08. The average molecular weight is 255 g/mol. The Morgan fingerprint density at radius 2 is 1.94 bits per heavy atom. The molecule has 1 amide bonds. The van der Waals surface area contributed by atoms with Crippen molar-refractivity contribution in [1.82, 2.24) is 5.32 Å². The second kappa shape index (κ2) is 5.59. The van der Waals surface area contributed by atoms with Crippen LogP contribution in [-0.4, -0.2) is 30.7 Å². The molecule has 1 aromatic carbocycles. The lowest BCUT2D eigenvalue weighted by atomic mass is 9.92. The van der Waals surface area contributed by atoms with Gasteiger partial charge in [0.1, 0.15) is 12.4 Å². The largest absolute Gasteiger partial charge is 0.479 e. The highest BCUT2D eigenvalue weighted by Gasteiger charge is 2.36. The Morgan fingerprint density at radius 3 is 2.39 bits per heavy atom. The first-order valence-corrected chi connectivity index (χ1v) is 5.19. The number of ether oxygens (including phenoxy) is 1. The molecule has 18 heavy (non-hydrogen) atoms. The molecule has 0 heterocycles. The summed E-state index contributed by atoms with van der Waals surface area (Å²) in [5, 5.41) is 11.6. The highest BCUT2D eigenvalue weighted by atomic mass is 19.1. The van der Waals surface area contributed by atoms with E-state index in [-0.39, 0.29) is 12.2 Å². The zero-order chi connectivity index (χ0) is 13.8. The topological polar surface area (TPSA) is 75.6 Å². The third-order valence-electron chi connectivity index (χ3n) is 2.51. The maximum Gasteiger partial charge on any atom is 0.333 e. The molecular formula is C12H14FNO4. The van der Waals surface area contributed by atoms with Crippen molar-refractivity contribution in [2.75, 3.05) is 13.7 Å². The van der Waals surface area contributed by atoms with Gasteiger partial charge in [0.2, 0.25) is 5.91 Å². The standard InChI is InChI=1S/C12H14FNO4/c1-12(11(16)17,14-10(15)7-18-2)8-3-5-9(13)6-4-8/h3-6H,7H2,1-2H3,(H,14,15)(H,16,17). The summed E-state index contributed by atoms with van der Waals surface area (Å²) < 4.78 is 17.4. The fourth-order valence-electron chi connectivity index (χ4n) is 1.48. The van der Waals surface area contributed by atoms with Gasteiger partial charge in [-0.1, -0.05) is 12.1 Å². The summed E-state index contributed by atoms with van der Waals surface area (Å²) in [4.78, 5) is 22.7. The zero-order valence-electron chi connectivity index (χ0n) is 10.1. The number of carboxylic acid groups (broad SMARTS) is 1. The lowest BCUT2D eigenvalue weighted by molar-refractivity contribution is -0.148. The van der Waals surface area contributed by atoms with Crippen LogP contribution < -0.4 is 5.32 Å². The van der Waals surface area contributed by atoms with Crippen molar-refractivity contribution in [3.8, 4) is 0 Å². The van der Waals surface area contributed by atoms with Crippen LogP contribution in [0, 0.1) is 5.82 Å². The number of hydrogen-bond acceptors (Lipinski definition) is 3. The molecule has 0 aliphatic carbocycles. The van der Waals surface area contributed by atoms with Gasteiger partial charge in [0.25, 0.3) is 0 Å². The number of carbonyl (C=O) groups excluding carboxylic acids is 1. The van der Waals surface area contributed by atoms with Crippen LogP contribution in [0.15, 0.2) is 24.3 Å². The predicted octanol–water partition coefficient (Wildman–Crippen LogP) is 0.888. The van der Waals surface area contributed by atoms with Crippen LogP contribution in [0.2, 0.25) is 0 Å². The van der Waals surface area contributed by atoms with Crippen LogP contribution >= 0.6 is 0 Å². The molecule has 0 saturated carbocycles. The fourth-order valence-corrected chi connectivity index (χ4v) is 1.48. The van der Waals surface area contributed by atoms with E-state index in [1.54, 1.807) is 0 Å². The maximum atomic E-state index is 12.8. The van der Waals surface area contributed by atoms with E-state index in [0.29, 0.717) is 0 Å². The molecule has 6 heteroatoms. The second-order valence-electron chi connectivity index (χ2n) is 3.92. The van der Waals surface area contributed by atoms with Crippen molar-refractivity contribution in [2.24, 2.45) is 0 Å². The van der Waals surface area contributed by atoms with Crippen LogP contribution in [0.5, 0.6) is 0 Å². The number of methoxy groups -OCH3 is 1. The van der Waals surface area contributed by atoms with Gasteiger partial charge in [-0.05, 0) is 24.6 Å². The SMILES string of the molecule is COCC(=O)NC(C)(C(=O)O)c1ccc(F)cc1. The average Bonchev–Trinajstić information content (AvgIpc) is 2.29. The Balaban J connectivity index is 3.03. The van der Waals surface area contributed by atoms with Gasteiger partial charge in [0.05, 0.1) is 0 Å². The molecule has 0 radical (unpaired) electrons. The van der Waals surface area contributed by atoms with Crippen LogP contribution in [0.4, 0.5) is 4.39 Å². The Labute approximate surface area is 104 Å². The van der Waals surface area contributed by atoms with Crippen LogP contribution in [-0.2, 0) is 19.9 Å². The van der Waals surface area contributed by atoms with Gasteiger partial charge >= 0.3 is 5.97 Å². The van der Waals surface area contributed by atoms with Crippen molar-refractivity contribution in [1.29, 1.82) is 0 Å². The second-order valence-corrected chi connectivity index (χ2v) is 3.92. The summed E-state index contributed by atoms with van der Waals surface area (Å²) in [7, 11) is 1.33. The smallest absolute Gasteiger partial charge is 0.333 e. The first-order chi connectivity index (χ1) is 8.40. The molecule has 0 spiro atoms. The van der Waals surface area contributed by atoms with E-state index in [0.717, 1.165) is 12.1 Å². The number of rotatable bonds is 5. The monoisotopic (exact) mass is 255 g/mol. The van der Waals surface area contributed by atoms with Gasteiger partial charge < -0.3 is 15.2 Å². The summed E-state index contributed by atoms with van der Waals surface area (Å²) in [5.41, 5.74) is -1.34. The lowest BCUT2D eigenvalue weighted by Gasteiger charge is -2.26. The normalized spacial score (nSPS) is 13.7. The van der Waals surface area contributed by atoms with E-state index in [1.165, 1.54) is 26.2 Å². The van der Waals surface area contributed by atoms with Gasteiger partial charge in [-0.2, -0.15) is 0 Å². The van der Waals surface area contributed by atoms with E-state index in [4.69, 9.17) is 0 Å². The van der Waals surface area contributed by atoms with E-state index in [9.17, 15) is 19.1 Å². The third kappa shape index (κ3) is 3.04. The van der Waals surface area contributed by atoms with Gasteiger partial charge in [0, 0.05) is 7.11 Å². The van der Waals surface area contributed by atoms with Crippen molar-refractivity contribution in [2.45, 2.75) is 12.5 Å². The van der Waals surface area contributed by atoms with Gasteiger partial charge in [-0.15, -0.1) is 0 Å². The molecule has 0 aromatic heterocycles. The first-order valence-electron chi connectivity index (χ1n) is 5.19. The number of nitrogens with one attached hydrogen (secondary N) is 1. The molecule has 2 N–H and O–H groups in total. The van der Waals surface area contributed by atoms with Gasteiger partial charge in [-0.3, -0.25) is 4.79 Å². The quantitative estimate of drug-likeness (QED) is 0.819. The fraction of sp³-hybridized carbons (Fsp3) is 0.333. The summed E-state index contributed by atoms with van der Waals surface area (Å²) >= 11 is 0. The number of carboxylic acids is 1. The molecule has 98 valence electrons. The van der Waals surface area contributed by atoms with Crippen molar-refractivity contribution in [3.05, 3.63) is 35.6 Å². The number of halogens is 1. The maximum absolute atomic E-state index is 12.8. The predicted molar refractivity (Wildman–Crippen MR) is 61.4 cm³/mol. The molecule has 0 saturated heterocycles.